The number of amides is 3. The number of hydrogen-bond donors (Lipinski definition) is 1. The zero-order chi connectivity index (χ0) is 27.9. The molecule has 0 aromatic heterocycles. The third-order valence-corrected chi connectivity index (χ3v) is 7.98. The molecule has 0 bridgehead atoms. The van der Waals surface area contributed by atoms with Crippen LogP contribution in [0.25, 0.3) is 0 Å². The number of nitrogens with zero attached hydrogens (tertiary/aromatic N) is 3. The van der Waals surface area contributed by atoms with Gasteiger partial charge in [0, 0.05) is 62.6 Å². The van der Waals surface area contributed by atoms with Crippen LogP contribution in [-0.4, -0.2) is 60.7 Å². The normalized spacial score (nSPS) is 15.9. The van der Waals surface area contributed by atoms with Gasteiger partial charge in [0.15, 0.2) is 0 Å². The Bertz CT molecular complexity index is 1320. The van der Waals surface area contributed by atoms with Crippen LogP contribution in [0.1, 0.15) is 58.4 Å². The van der Waals surface area contributed by atoms with E-state index in [1.165, 1.54) is 0 Å². The third-order valence-electron chi connectivity index (χ3n) is 7.98. The van der Waals surface area contributed by atoms with Gasteiger partial charge in [0.25, 0.3) is 11.8 Å². The smallest absolute Gasteiger partial charge is 0.256 e. The summed E-state index contributed by atoms with van der Waals surface area (Å²) in [6.45, 7) is 3.29. The van der Waals surface area contributed by atoms with Gasteiger partial charge < -0.3 is 20.0 Å². The Balaban J connectivity index is 1.38. The van der Waals surface area contributed by atoms with E-state index in [4.69, 9.17) is 0 Å². The van der Waals surface area contributed by atoms with Crippen molar-refractivity contribution >= 4 is 29.1 Å². The van der Waals surface area contributed by atoms with Crippen molar-refractivity contribution in [2.45, 2.75) is 38.6 Å². The minimum atomic E-state index is -0.222. The summed E-state index contributed by atoms with van der Waals surface area (Å²) in [5.74, 6) is 0.123. The van der Waals surface area contributed by atoms with Crippen LogP contribution >= 0.6 is 0 Å². The predicted octanol–water partition coefficient (Wildman–Crippen LogP) is 5.44. The van der Waals surface area contributed by atoms with Crippen LogP contribution in [-0.2, 0) is 11.3 Å². The van der Waals surface area contributed by atoms with E-state index in [0.29, 0.717) is 36.4 Å². The van der Waals surface area contributed by atoms with E-state index in [1.807, 2.05) is 65.6 Å². The number of benzene rings is 3. The number of rotatable bonds is 7. The summed E-state index contributed by atoms with van der Waals surface area (Å²) in [6, 6.07) is 24.5. The molecule has 1 N–H and O–H groups in total. The van der Waals surface area contributed by atoms with E-state index < -0.39 is 0 Å². The second-order valence-corrected chi connectivity index (χ2v) is 10.8. The molecule has 5 rings (SSSR count). The van der Waals surface area contributed by atoms with Crippen molar-refractivity contribution in [2.24, 2.45) is 5.92 Å². The van der Waals surface area contributed by atoms with Gasteiger partial charge in [-0.05, 0) is 55.2 Å². The fourth-order valence-electron chi connectivity index (χ4n) is 5.80. The molecule has 3 aromatic carbocycles. The van der Waals surface area contributed by atoms with Gasteiger partial charge in [0.2, 0.25) is 5.91 Å². The fraction of sp³-hybridized carbons (Fsp3) is 0.364. The molecule has 0 radical (unpaired) electrons. The average Bonchev–Trinajstić information content (AvgIpc) is 3.42. The lowest BCUT2D eigenvalue weighted by atomic mass is 10.1. The molecule has 7 nitrogen and oxygen atoms in total. The van der Waals surface area contributed by atoms with Crippen molar-refractivity contribution in [3.63, 3.8) is 0 Å². The molecule has 208 valence electrons. The van der Waals surface area contributed by atoms with E-state index in [-0.39, 0.29) is 23.6 Å². The number of carbonyl (C=O) groups excluding carboxylic acids is 3. The zero-order valence-corrected chi connectivity index (χ0v) is 23.2. The molecule has 1 saturated carbocycles. The monoisotopic (exact) mass is 538 g/mol. The van der Waals surface area contributed by atoms with Crippen LogP contribution in [0.5, 0.6) is 0 Å². The molecule has 1 saturated heterocycles. The van der Waals surface area contributed by atoms with Gasteiger partial charge in [-0.3, -0.25) is 14.4 Å². The molecule has 7 heteroatoms. The zero-order valence-electron chi connectivity index (χ0n) is 23.2. The van der Waals surface area contributed by atoms with E-state index >= 15 is 0 Å². The number of carbonyl (C=O) groups is 3. The van der Waals surface area contributed by atoms with Crippen LogP contribution in [0.4, 0.5) is 11.4 Å². The largest absolute Gasteiger partial charge is 0.369 e. The van der Waals surface area contributed by atoms with Crippen molar-refractivity contribution in [3.8, 4) is 0 Å². The Kier molecular flexibility index (Phi) is 8.79. The Labute approximate surface area is 236 Å². The molecule has 3 aromatic rings. The van der Waals surface area contributed by atoms with Gasteiger partial charge in [-0.25, -0.2) is 0 Å². The summed E-state index contributed by atoms with van der Waals surface area (Å²) in [5.41, 5.74) is 3.55. The minimum Gasteiger partial charge on any atom is -0.369 e. The van der Waals surface area contributed by atoms with Gasteiger partial charge in [0.05, 0.1) is 5.56 Å². The maximum absolute atomic E-state index is 13.9. The second kappa shape index (κ2) is 12.8. The van der Waals surface area contributed by atoms with E-state index in [2.05, 4.69) is 10.2 Å². The molecule has 3 amide bonds. The van der Waals surface area contributed by atoms with Crippen LogP contribution in [0.15, 0.2) is 78.9 Å². The highest BCUT2D eigenvalue weighted by atomic mass is 16.2. The van der Waals surface area contributed by atoms with E-state index in [9.17, 15) is 14.4 Å². The summed E-state index contributed by atoms with van der Waals surface area (Å²) < 4.78 is 0. The first-order chi connectivity index (χ1) is 19.5. The van der Waals surface area contributed by atoms with Gasteiger partial charge in [-0.2, -0.15) is 0 Å². The lowest BCUT2D eigenvalue weighted by Crippen LogP contribution is -2.38. The van der Waals surface area contributed by atoms with Crippen molar-refractivity contribution in [1.29, 1.82) is 0 Å². The fourth-order valence-corrected chi connectivity index (χ4v) is 5.80. The molecule has 1 aliphatic heterocycles. The SMILES string of the molecule is CN(Cc1ccccc1)C(=O)c1cc(NC(=O)c2ccccc2)ccc1N1CCCN(C(=O)C2CCCC2)CC1. The van der Waals surface area contributed by atoms with Gasteiger partial charge in [0.1, 0.15) is 0 Å². The Morgan fingerprint density at radius 1 is 0.825 bits per heavy atom. The first-order valence-electron chi connectivity index (χ1n) is 14.3. The molecular formula is C33H38N4O3. The second-order valence-electron chi connectivity index (χ2n) is 10.8. The van der Waals surface area contributed by atoms with Crippen LogP contribution < -0.4 is 10.2 Å². The summed E-state index contributed by atoms with van der Waals surface area (Å²) in [6.07, 6.45) is 5.14. The standard InChI is InChI=1S/C33H38N4O3/c1-35(24-25-11-4-2-5-12-25)33(40)29-23-28(34-31(38)26-13-6-3-7-14-26)17-18-30(29)36-19-10-20-37(22-21-36)32(39)27-15-8-9-16-27/h2-7,11-14,17-18,23,27H,8-10,15-16,19-22,24H2,1H3,(H,34,38). The molecular weight excluding hydrogens is 500 g/mol. The van der Waals surface area contributed by atoms with Crippen LogP contribution in [0.2, 0.25) is 0 Å². The van der Waals surface area contributed by atoms with Crippen molar-refractivity contribution < 1.29 is 14.4 Å². The predicted molar refractivity (Wildman–Crippen MR) is 158 cm³/mol. The highest BCUT2D eigenvalue weighted by molar-refractivity contribution is 6.06. The maximum Gasteiger partial charge on any atom is 0.256 e. The molecule has 2 fully saturated rings. The Morgan fingerprint density at radius 2 is 1.52 bits per heavy atom. The van der Waals surface area contributed by atoms with Crippen molar-refractivity contribution in [1.82, 2.24) is 9.80 Å². The quantitative estimate of drug-likeness (QED) is 0.435. The highest BCUT2D eigenvalue weighted by Gasteiger charge is 2.29. The lowest BCUT2D eigenvalue weighted by molar-refractivity contribution is -0.135. The molecule has 0 spiro atoms. The molecule has 0 unspecified atom stereocenters. The molecule has 1 aliphatic carbocycles. The Morgan fingerprint density at radius 3 is 2.25 bits per heavy atom. The first-order valence-corrected chi connectivity index (χ1v) is 14.3. The molecule has 40 heavy (non-hydrogen) atoms. The van der Waals surface area contributed by atoms with Gasteiger partial charge in [-0.1, -0.05) is 61.4 Å². The highest BCUT2D eigenvalue weighted by Crippen LogP contribution is 2.30. The summed E-state index contributed by atoms with van der Waals surface area (Å²) >= 11 is 0. The maximum atomic E-state index is 13.9. The summed E-state index contributed by atoms with van der Waals surface area (Å²) in [7, 11) is 1.80. The number of hydrogen-bond acceptors (Lipinski definition) is 4. The molecule has 0 atom stereocenters. The summed E-state index contributed by atoms with van der Waals surface area (Å²) in [5, 5.41) is 2.96. The molecule has 2 aliphatic rings. The van der Waals surface area contributed by atoms with E-state index in [1.54, 1.807) is 30.1 Å². The van der Waals surface area contributed by atoms with Crippen LogP contribution in [0.3, 0.4) is 0 Å². The minimum absolute atomic E-state index is 0.113. The average molecular weight is 539 g/mol. The van der Waals surface area contributed by atoms with Crippen LogP contribution in [0, 0.1) is 5.92 Å². The number of nitrogens with one attached hydrogen (secondary N) is 1. The van der Waals surface area contributed by atoms with Crippen molar-refractivity contribution in [2.75, 3.05) is 43.4 Å². The van der Waals surface area contributed by atoms with Crippen molar-refractivity contribution in [3.05, 3.63) is 95.6 Å². The third kappa shape index (κ3) is 6.53. The van der Waals surface area contributed by atoms with Gasteiger partial charge in [-0.15, -0.1) is 0 Å². The number of anilines is 2. The summed E-state index contributed by atoms with van der Waals surface area (Å²) in [4.78, 5) is 45.8. The molecule has 1 heterocycles. The first kappa shape index (κ1) is 27.4. The topological polar surface area (TPSA) is 73.0 Å². The Hall–Kier alpha value is -4.13. The van der Waals surface area contributed by atoms with Gasteiger partial charge >= 0.3 is 0 Å². The van der Waals surface area contributed by atoms with E-state index in [0.717, 1.165) is 56.4 Å². The lowest BCUT2D eigenvalue weighted by Gasteiger charge is -2.28.